The molecule has 1 rings (SSSR count). The fraction of sp³-hybridized carbons (Fsp3) is 0.933. The second-order valence-corrected chi connectivity index (χ2v) is 9.03. The number of carbonyl (C=O) groups is 1. The van der Waals surface area contributed by atoms with Gasteiger partial charge < -0.3 is 9.80 Å². The van der Waals surface area contributed by atoms with Gasteiger partial charge in [-0.1, -0.05) is 0 Å². The van der Waals surface area contributed by atoms with Crippen molar-refractivity contribution in [3.8, 4) is 0 Å². The largest absolute Gasteiger partial charge is 0.340 e. The van der Waals surface area contributed by atoms with Gasteiger partial charge >= 0.3 is 0 Å². The van der Waals surface area contributed by atoms with Crippen LogP contribution < -0.4 is 0 Å². The van der Waals surface area contributed by atoms with Gasteiger partial charge in [0.2, 0.25) is 5.91 Å². The zero-order valence-corrected chi connectivity index (χ0v) is 15.4. The van der Waals surface area contributed by atoms with E-state index in [1.165, 1.54) is 6.26 Å². The van der Waals surface area contributed by atoms with Crippen LogP contribution in [0.25, 0.3) is 0 Å². The van der Waals surface area contributed by atoms with E-state index in [4.69, 9.17) is 0 Å². The van der Waals surface area contributed by atoms with E-state index < -0.39 is 9.84 Å². The molecular formula is C15H31N3O3S. The van der Waals surface area contributed by atoms with E-state index in [2.05, 4.69) is 37.7 Å². The normalized spacial score (nSPS) is 24.0. The summed E-state index contributed by atoms with van der Waals surface area (Å²) in [4.78, 5) is 18.6. The third-order valence-corrected chi connectivity index (χ3v) is 5.11. The van der Waals surface area contributed by atoms with Crippen molar-refractivity contribution in [3.63, 3.8) is 0 Å². The first-order valence-corrected chi connectivity index (χ1v) is 10.0. The molecule has 0 bridgehead atoms. The van der Waals surface area contributed by atoms with Crippen LogP contribution in [-0.2, 0) is 14.6 Å². The molecule has 0 aromatic carbocycles. The van der Waals surface area contributed by atoms with Gasteiger partial charge in [0.25, 0.3) is 0 Å². The first kappa shape index (κ1) is 19.4. The van der Waals surface area contributed by atoms with Gasteiger partial charge in [-0.3, -0.25) is 9.69 Å². The molecule has 1 saturated heterocycles. The smallest absolute Gasteiger partial charge is 0.223 e. The predicted octanol–water partition coefficient (Wildman–Crippen LogP) is 0.294. The maximum absolute atomic E-state index is 12.2. The Hall–Kier alpha value is -0.660. The van der Waals surface area contributed by atoms with Crippen molar-refractivity contribution in [2.75, 3.05) is 52.3 Å². The molecule has 0 aliphatic carbocycles. The highest BCUT2D eigenvalue weighted by Crippen LogP contribution is 2.17. The van der Waals surface area contributed by atoms with Gasteiger partial charge in [0.15, 0.2) is 0 Å². The lowest BCUT2D eigenvalue weighted by Gasteiger charge is -2.44. The number of nitrogens with zero attached hydrogens (tertiary/aromatic N) is 3. The van der Waals surface area contributed by atoms with E-state index in [0.717, 1.165) is 19.5 Å². The van der Waals surface area contributed by atoms with Gasteiger partial charge in [-0.05, 0) is 40.9 Å². The Morgan fingerprint density at radius 3 is 2.18 bits per heavy atom. The molecule has 7 heteroatoms. The molecule has 0 N–H and O–H groups in total. The molecule has 0 radical (unpaired) electrons. The maximum atomic E-state index is 12.2. The summed E-state index contributed by atoms with van der Waals surface area (Å²) in [6, 6.07) is 0.626. The van der Waals surface area contributed by atoms with Crippen molar-refractivity contribution in [1.29, 1.82) is 0 Å². The molecule has 2 atom stereocenters. The van der Waals surface area contributed by atoms with Crippen LogP contribution in [0.1, 0.15) is 26.7 Å². The standard InChI is InChI=1S/C15H31N3O3S/c1-13-11-17(15(19)7-10-22(5,20)21)12-14(2)18(13)9-6-8-16(3)4/h13-14H,6-12H2,1-5H3. The second-order valence-electron chi connectivity index (χ2n) is 6.77. The average Bonchev–Trinajstić information content (AvgIpc) is 2.37. The van der Waals surface area contributed by atoms with E-state index in [0.29, 0.717) is 25.2 Å². The summed E-state index contributed by atoms with van der Waals surface area (Å²) in [5, 5.41) is 0. The highest BCUT2D eigenvalue weighted by molar-refractivity contribution is 7.90. The topological polar surface area (TPSA) is 60.9 Å². The second kappa shape index (κ2) is 8.26. The number of carbonyl (C=O) groups excluding carboxylic acids is 1. The Kier molecular flexibility index (Phi) is 7.28. The quantitative estimate of drug-likeness (QED) is 0.670. The molecule has 0 aromatic rings. The molecule has 130 valence electrons. The van der Waals surface area contributed by atoms with Gasteiger partial charge in [-0.2, -0.15) is 0 Å². The van der Waals surface area contributed by atoms with Crippen molar-refractivity contribution in [2.24, 2.45) is 0 Å². The Labute approximate surface area is 135 Å². The predicted molar refractivity (Wildman–Crippen MR) is 89.7 cm³/mol. The molecule has 2 unspecified atom stereocenters. The van der Waals surface area contributed by atoms with Gasteiger partial charge in [0.05, 0.1) is 5.75 Å². The lowest BCUT2D eigenvalue weighted by atomic mass is 10.1. The molecule has 1 aliphatic heterocycles. The summed E-state index contributed by atoms with van der Waals surface area (Å²) in [6.07, 6.45) is 2.39. The van der Waals surface area contributed by atoms with E-state index in [1.807, 2.05) is 4.90 Å². The SMILES string of the molecule is CC1CN(C(=O)CCS(C)(=O)=O)CC(C)N1CCCN(C)C. The summed E-state index contributed by atoms with van der Waals surface area (Å²) in [7, 11) is 1.07. The van der Waals surface area contributed by atoms with E-state index in [1.54, 1.807) is 0 Å². The van der Waals surface area contributed by atoms with Crippen LogP contribution in [0.3, 0.4) is 0 Å². The van der Waals surface area contributed by atoms with Crippen molar-refractivity contribution in [1.82, 2.24) is 14.7 Å². The van der Waals surface area contributed by atoms with Crippen molar-refractivity contribution < 1.29 is 13.2 Å². The van der Waals surface area contributed by atoms with Crippen LogP contribution in [0.4, 0.5) is 0 Å². The molecule has 1 heterocycles. The molecule has 1 aliphatic rings. The molecule has 6 nitrogen and oxygen atoms in total. The van der Waals surface area contributed by atoms with E-state index in [9.17, 15) is 13.2 Å². The fourth-order valence-corrected chi connectivity index (χ4v) is 3.55. The minimum Gasteiger partial charge on any atom is -0.340 e. The fourth-order valence-electron chi connectivity index (χ4n) is 3.00. The molecular weight excluding hydrogens is 302 g/mol. The first-order valence-electron chi connectivity index (χ1n) is 7.96. The van der Waals surface area contributed by atoms with Crippen molar-refractivity contribution in [3.05, 3.63) is 0 Å². The third kappa shape index (κ3) is 6.62. The molecule has 1 fully saturated rings. The number of hydrogen-bond donors (Lipinski definition) is 0. The summed E-state index contributed by atoms with van der Waals surface area (Å²) in [5.74, 6) is -0.102. The van der Waals surface area contributed by atoms with Crippen LogP contribution in [0.15, 0.2) is 0 Å². The van der Waals surface area contributed by atoms with E-state index in [-0.39, 0.29) is 18.1 Å². The Morgan fingerprint density at radius 1 is 1.18 bits per heavy atom. The van der Waals surface area contributed by atoms with E-state index >= 15 is 0 Å². The highest BCUT2D eigenvalue weighted by Gasteiger charge is 2.31. The number of piperazine rings is 1. The number of rotatable bonds is 7. The van der Waals surface area contributed by atoms with Gasteiger partial charge in [0, 0.05) is 44.4 Å². The monoisotopic (exact) mass is 333 g/mol. The average molecular weight is 333 g/mol. The third-order valence-electron chi connectivity index (χ3n) is 4.16. The number of hydrogen-bond acceptors (Lipinski definition) is 5. The number of amides is 1. The van der Waals surface area contributed by atoms with Crippen LogP contribution in [0.5, 0.6) is 0 Å². The lowest BCUT2D eigenvalue weighted by molar-refractivity contribution is -0.135. The van der Waals surface area contributed by atoms with Gasteiger partial charge in [0.1, 0.15) is 9.84 Å². The number of sulfone groups is 1. The minimum absolute atomic E-state index is 0.0444. The summed E-state index contributed by atoms with van der Waals surface area (Å²) >= 11 is 0. The van der Waals surface area contributed by atoms with Gasteiger partial charge in [-0.15, -0.1) is 0 Å². The van der Waals surface area contributed by atoms with Gasteiger partial charge in [-0.25, -0.2) is 8.42 Å². The van der Waals surface area contributed by atoms with Crippen molar-refractivity contribution in [2.45, 2.75) is 38.8 Å². The summed E-state index contributed by atoms with van der Waals surface area (Å²) in [5.41, 5.74) is 0. The molecule has 1 amide bonds. The zero-order chi connectivity index (χ0) is 16.9. The first-order chi connectivity index (χ1) is 10.1. The maximum Gasteiger partial charge on any atom is 0.223 e. The van der Waals surface area contributed by atoms with Crippen LogP contribution in [0.2, 0.25) is 0 Å². The molecule has 22 heavy (non-hydrogen) atoms. The van der Waals surface area contributed by atoms with Crippen molar-refractivity contribution >= 4 is 15.7 Å². The minimum atomic E-state index is -3.08. The molecule has 0 aromatic heterocycles. The molecule has 0 saturated carbocycles. The lowest BCUT2D eigenvalue weighted by Crippen LogP contribution is -2.58. The summed E-state index contributed by atoms with van der Waals surface area (Å²) in [6.45, 7) is 7.76. The Bertz CT molecular complexity index is 453. The zero-order valence-electron chi connectivity index (χ0n) is 14.6. The summed E-state index contributed by atoms with van der Waals surface area (Å²) < 4.78 is 22.4. The highest BCUT2D eigenvalue weighted by atomic mass is 32.2. The van der Waals surface area contributed by atoms with Crippen LogP contribution >= 0.6 is 0 Å². The Morgan fingerprint density at radius 2 is 1.73 bits per heavy atom. The molecule has 0 spiro atoms. The van der Waals surface area contributed by atoms with Crippen LogP contribution in [0, 0.1) is 0 Å². The Balaban J connectivity index is 2.49. The van der Waals surface area contributed by atoms with Crippen LogP contribution in [-0.4, -0.2) is 93.4 Å².